The molecule has 2 aromatic carbocycles. The van der Waals surface area contributed by atoms with E-state index in [1.54, 1.807) is 44.7 Å². The molecule has 15 heteroatoms. The molecule has 1 fully saturated rings. The zero-order chi connectivity index (χ0) is 44.5. The van der Waals surface area contributed by atoms with Crippen molar-refractivity contribution < 1.29 is 63.3 Å². The molecule has 6 rings (SSSR count). The van der Waals surface area contributed by atoms with Gasteiger partial charge >= 0.3 is 11.8 Å². The highest BCUT2D eigenvalue weighted by molar-refractivity contribution is 6.21. The third-order valence-electron chi connectivity index (χ3n) is 12.4. The minimum atomic E-state index is -2.02. The lowest BCUT2D eigenvalue weighted by Gasteiger charge is -2.38. The number of allylic oxidation sites excluding steroid dienone is 2. The minimum absolute atomic E-state index is 0.0242. The highest BCUT2D eigenvalue weighted by Crippen LogP contribution is 2.54. The molecule has 2 amide bonds. The fourth-order valence-corrected chi connectivity index (χ4v) is 8.65. The van der Waals surface area contributed by atoms with Gasteiger partial charge in [-0.15, -0.1) is 0 Å². The summed E-state index contributed by atoms with van der Waals surface area (Å²) >= 11 is 0. The van der Waals surface area contributed by atoms with Crippen LogP contribution in [0.3, 0.4) is 0 Å². The predicted octanol–water partition coefficient (Wildman–Crippen LogP) is 5.83. The number of aliphatic hydroxyl groups is 2. The number of hydrogen-bond acceptors (Lipinski definition) is 13. The molecule has 5 bridgehead atoms. The lowest BCUT2D eigenvalue weighted by atomic mass is 9.78. The lowest BCUT2D eigenvalue weighted by Crippen LogP contribution is -2.46. The summed E-state index contributed by atoms with van der Waals surface area (Å²) in [5.74, 6) is -7.90. The Morgan fingerprint density at radius 3 is 2.20 bits per heavy atom. The number of carbonyl (C=O) groups excluding carboxylic acids is 4. The van der Waals surface area contributed by atoms with E-state index < -0.39 is 89.6 Å². The SMILES string of the molecule is CO[C@H]1/C=C/O[C@@]2(C)Oc3c(C)c(O)c4c(O)c(cc(OCC(=O)N5C(C)CCC5C)c4c3C2=O)NC(=O)/C(C)=C\C=C\[C@H](C)[C@H](O)[C@@H](C)[C@@H](O)[C@@H](C)[C@H](OC(C)=O)[C@@H]1C. The number of Topliss-reactive ketones (excluding diaryl/α,β-unsaturated/α-hetero) is 1. The van der Waals surface area contributed by atoms with E-state index in [9.17, 15) is 39.6 Å². The highest BCUT2D eigenvalue weighted by atomic mass is 16.7. The molecular weight excluding hydrogens is 776 g/mol. The van der Waals surface area contributed by atoms with E-state index in [1.165, 1.54) is 59.3 Å². The van der Waals surface area contributed by atoms with E-state index >= 15 is 0 Å². The summed E-state index contributed by atoms with van der Waals surface area (Å²) in [4.78, 5) is 55.8. The van der Waals surface area contributed by atoms with Crippen molar-refractivity contribution in [2.75, 3.05) is 19.0 Å². The number of nitrogens with one attached hydrogen (secondary N) is 1. The van der Waals surface area contributed by atoms with Crippen LogP contribution in [0.2, 0.25) is 0 Å². The molecule has 15 nitrogen and oxygen atoms in total. The van der Waals surface area contributed by atoms with Crippen LogP contribution in [0.1, 0.15) is 91.1 Å². The maximum absolute atomic E-state index is 14.5. The summed E-state index contributed by atoms with van der Waals surface area (Å²) < 4.78 is 29.9. The van der Waals surface area contributed by atoms with Gasteiger partial charge in [0, 0.05) is 79.3 Å². The molecule has 0 aromatic heterocycles. The van der Waals surface area contributed by atoms with E-state index in [0.29, 0.717) is 0 Å². The summed E-state index contributed by atoms with van der Waals surface area (Å²) in [6.45, 7) is 16.0. The van der Waals surface area contributed by atoms with E-state index in [-0.39, 0.29) is 62.6 Å². The molecule has 4 heterocycles. The van der Waals surface area contributed by atoms with Gasteiger partial charge < -0.3 is 54.3 Å². The molecular formula is C45H60N2O13. The van der Waals surface area contributed by atoms with Crippen molar-refractivity contribution in [2.24, 2.45) is 23.7 Å². The molecule has 5 N–H and O–H groups in total. The number of aromatic hydroxyl groups is 2. The monoisotopic (exact) mass is 836 g/mol. The molecule has 2 unspecified atom stereocenters. The molecule has 60 heavy (non-hydrogen) atoms. The van der Waals surface area contributed by atoms with Gasteiger partial charge in [0.15, 0.2) is 12.4 Å². The number of phenolic OH excluding ortho intramolecular Hbond substituents is 2. The van der Waals surface area contributed by atoms with Crippen molar-refractivity contribution in [3.05, 3.63) is 53.3 Å². The number of esters is 1. The van der Waals surface area contributed by atoms with Crippen molar-refractivity contribution in [1.29, 1.82) is 0 Å². The van der Waals surface area contributed by atoms with Gasteiger partial charge in [0.1, 0.15) is 23.4 Å². The van der Waals surface area contributed by atoms with Gasteiger partial charge in [-0.2, -0.15) is 0 Å². The largest absolute Gasteiger partial charge is 0.507 e. The Bertz CT molecular complexity index is 2080. The van der Waals surface area contributed by atoms with Crippen LogP contribution in [0, 0.1) is 30.6 Å². The minimum Gasteiger partial charge on any atom is -0.507 e. The number of aliphatic hydroxyl groups excluding tert-OH is 2. The number of likely N-dealkylation sites (tertiary alicyclic amines) is 1. The summed E-state index contributed by atoms with van der Waals surface area (Å²) in [7, 11) is 1.44. The number of carbonyl (C=O) groups is 4. The molecule has 0 saturated carbocycles. The first-order chi connectivity index (χ1) is 28.1. The zero-order valence-corrected chi connectivity index (χ0v) is 36.3. The van der Waals surface area contributed by atoms with Crippen molar-refractivity contribution in [3.63, 3.8) is 0 Å². The van der Waals surface area contributed by atoms with Gasteiger partial charge in [-0.1, -0.05) is 45.9 Å². The van der Waals surface area contributed by atoms with Crippen molar-refractivity contribution in [2.45, 2.75) is 124 Å². The molecule has 0 radical (unpaired) electrons. The van der Waals surface area contributed by atoms with Crippen LogP contribution >= 0.6 is 0 Å². The fraction of sp³-hybridized carbons (Fsp3) is 0.556. The molecule has 0 aliphatic carbocycles. The molecule has 1 saturated heterocycles. The highest BCUT2D eigenvalue weighted by Gasteiger charge is 2.50. The number of nitrogens with zero attached hydrogens (tertiary/aromatic N) is 1. The smallest absolute Gasteiger partial charge is 0.312 e. The Morgan fingerprint density at radius 2 is 1.58 bits per heavy atom. The van der Waals surface area contributed by atoms with Crippen molar-refractivity contribution in [3.8, 4) is 23.0 Å². The number of anilines is 1. The first kappa shape index (κ1) is 46.0. The number of benzene rings is 2. The van der Waals surface area contributed by atoms with E-state index in [1.807, 2.05) is 13.8 Å². The fourth-order valence-electron chi connectivity index (χ4n) is 8.65. The second kappa shape index (κ2) is 18.2. The van der Waals surface area contributed by atoms with Gasteiger partial charge in [0.2, 0.25) is 0 Å². The Labute approximate surface area is 351 Å². The van der Waals surface area contributed by atoms with Crippen LogP contribution in [0.4, 0.5) is 5.69 Å². The van der Waals surface area contributed by atoms with Gasteiger partial charge in [0.05, 0.1) is 41.2 Å². The number of ether oxygens (including phenoxy) is 5. The first-order valence-electron chi connectivity index (χ1n) is 20.4. The van der Waals surface area contributed by atoms with Gasteiger partial charge in [-0.3, -0.25) is 19.2 Å². The Morgan fingerprint density at radius 1 is 0.933 bits per heavy atom. The Balaban J connectivity index is 1.67. The summed E-state index contributed by atoms with van der Waals surface area (Å²) in [6.07, 6.45) is 5.28. The predicted molar refractivity (Wildman–Crippen MR) is 223 cm³/mol. The maximum atomic E-state index is 14.5. The number of amides is 2. The molecule has 11 atom stereocenters. The number of rotatable bonds is 5. The topological polar surface area (TPSA) is 211 Å². The second-order valence-electron chi connectivity index (χ2n) is 16.8. The van der Waals surface area contributed by atoms with Crippen molar-refractivity contribution >= 4 is 40.0 Å². The normalized spacial score (nSPS) is 33.4. The standard InChI is InChI=1S/C45H60N2O13/c1-21-13-12-14-22(2)44(55)46-30-19-32(57-20-33(49)47-23(3)15-16-24(47)4)34-35(40(30)53)39(52)28(8)42-36(34)43(54)45(10,60-42)58-18-17-31(56-11)25(5)41(59-29(9)48)27(7)38(51)26(6)37(21)50/h12-14,17-19,21,23-27,31,37-38,41,50-53H,15-16,20H2,1-11H3,(H,46,55)/b13-12+,18-17+,22-14-/t21-,23?,24?,25+,26+,27+,31-,37-,38+,41+,45-/m0/s1. The molecule has 4 aliphatic rings. The Hall–Kier alpha value is -5.12. The Kier molecular flexibility index (Phi) is 14.0. The number of fused-ring (bicyclic) bond motifs is 14. The summed E-state index contributed by atoms with van der Waals surface area (Å²) in [5.41, 5.74) is 0.0212. The van der Waals surface area contributed by atoms with Gasteiger partial charge in [0.25, 0.3) is 17.6 Å². The number of hydrogen-bond donors (Lipinski definition) is 5. The van der Waals surface area contributed by atoms with Crippen LogP contribution in [-0.2, 0) is 28.6 Å². The van der Waals surface area contributed by atoms with E-state index in [0.717, 1.165) is 12.8 Å². The van der Waals surface area contributed by atoms with Crippen LogP contribution in [0.25, 0.3) is 10.8 Å². The van der Waals surface area contributed by atoms with E-state index in [4.69, 9.17) is 23.7 Å². The molecule has 328 valence electrons. The zero-order valence-electron chi connectivity index (χ0n) is 36.3. The van der Waals surface area contributed by atoms with Gasteiger partial charge in [-0.05, 0) is 46.6 Å². The third-order valence-corrected chi connectivity index (χ3v) is 12.4. The average molecular weight is 837 g/mol. The van der Waals surface area contributed by atoms with Crippen LogP contribution in [-0.4, -0.2) is 105 Å². The maximum Gasteiger partial charge on any atom is 0.312 e. The van der Waals surface area contributed by atoms with Crippen LogP contribution < -0.4 is 14.8 Å². The number of methoxy groups -OCH3 is 1. The first-order valence-corrected chi connectivity index (χ1v) is 20.4. The molecule has 4 aliphatic heterocycles. The number of phenols is 2. The van der Waals surface area contributed by atoms with Crippen LogP contribution in [0.15, 0.2) is 42.2 Å². The molecule has 0 spiro atoms. The van der Waals surface area contributed by atoms with Crippen LogP contribution in [0.5, 0.6) is 23.0 Å². The third kappa shape index (κ3) is 8.84. The molecule has 2 aromatic rings. The lowest BCUT2D eigenvalue weighted by molar-refractivity contribution is -0.160. The van der Waals surface area contributed by atoms with E-state index in [2.05, 4.69) is 5.32 Å². The van der Waals surface area contributed by atoms with Gasteiger partial charge in [-0.25, -0.2) is 0 Å². The average Bonchev–Trinajstić information content (AvgIpc) is 3.68. The second-order valence-corrected chi connectivity index (χ2v) is 16.8. The summed E-state index contributed by atoms with van der Waals surface area (Å²) in [6, 6.07) is 1.24. The quantitative estimate of drug-likeness (QED) is 0.178. The van der Waals surface area contributed by atoms with Crippen molar-refractivity contribution in [1.82, 2.24) is 4.90 Å². The number of ketones is 1. The summed E-state index contributed by atoms with van der Waals surface area (Å²) in [5, 5.41) is 48.6.